The number of ether oxygens (including phenoxy) is 2. The first-order chi connectivity index (χ1) is 16.1. The van der Waals surface area contributed by atoms with Crippen LogP contribution in [0.2, 0.25) is 0 Å². The lowest BCUT2D eigenvalue weighted by Gasteiger charge is -2.28. The largest absolute Gasteiger partial charge is 0.507 e. The average molecular weight is 544 g/mol. The molecule has 36 heavy (non-hydrogen) atoms. The van der Waals surface area contributed by atoms with Crippen LogP contribution in [-0.4, -0.2) is 61.3 Å². The van der Waals surface area contributed by atoms with Crippen molar-refractivity contribution in [1.82, 2.24) is 9.80 Å². The summed E-state index contributed by atoms with van der Waals surface area (Å²) in [5, 5.41) is 10.7. The Morgan fingerprint density at radius 1 is 0.861 bits per heavy atom. The van der Waals surface area contributed by atoms with E-state index < -0.39 is 0 Å². The molecule has 0 atom stereocenters. The van der Waals surface area contributed by atoms with E-state index in [1.807, 2.05) is 20.8 Å². The van der Waals surface area contributed by atoms with Crippen LogP contribution in [0.3, 0.4) is 0 Å². The molecule has 0 radical (unpaired) electrons. The van der Waals surface area contributed by atoms with Gasteiger partial charge in [0.2, 0.25) is 0 Å². The van der Waals surface area contributed by atoms with E-state index >= 15 is 0 Å². The maximum absolute atomic E-state index is 10.7. The van der Waals surface area contributed by atoms with Crippen molar-refractivity contribution in [3.05, 3.63) is 51.6 Å². The highest BCUT2D eigenvalue weighted by Gasteiger charge is 2.20. The first-order valence-electron chi connectivity index (χ1n) is 12.7. The molecule has 0 unspecified atom stereocenters. The number of methoxy groups -OCH3 is 1. The third-order valence-corrected chi connectivity index (χ3v) is 7.01. The van der Waals surface area contributed by atoms with E-state index in [0.29, 0.717) is 24.8 Å². The normalized spacial score (nSPS) is 11.0. The number of aryl methyl sites for hydroxylation is 1. The summed E-state index contributed by atoms with van der Waals surface area (Å²) >= 11 is 0. The molecule has 0 spiro atoms. The molecule has 0 bridgehead atoms. The second kappa shape index (κ2) is 16.2. The zero-order valence-corrected chi connectivity index (χ0v) is 25.4. The van der Waals surface area contributed by atoms with Crippen LogP contribution >= 0.6 is 24.8 Å². The predicted octanol–water partition coefficient (Wildman–Crippen LogP) is 6.82. The van der Waals surface area contributed by atoms with Crippen LogP contribution in [0.4, 0.5) is 0 Å². The van der Waals surface area contributed by atoms with E-state index in [-0.39, 0.29) is 24.8 Å². The number of hydrogen-bond acceptors (Lipinski definition) is 5. The van der Waals surface area contributed by atoms with Crippen LogP contribution in [0.25, 0.3) is 0 Å². The van der Waals surface area contributed by atoms with Crippen molar-refractivity contribution >= 4 is 24.8 Å². The molecule has 0 aliphatic heterocycles. The summed E-state index contributed by atoms with van der Waals surface area (Å²) in [6.07, 6.45) is 0. The molecule has 2 rings (SSSR count). The van der Waals surface area contributed by atoms with E-state index in [4.69, 9.17) is 9.47 Å². The lowest BCUT2D eigenvalue weighted by molar-refractivity contribution is 0.173. The molecule has 0 aliphatic carbocycles. The first kappa shape index (κ1) is 34.3. The molecular formula is C29H48Cl2N2O3. The van der Waals surface area contributed by atoms with Crippen molar-refractivity contribution in [3.8, 4) is 17.2 Å². The van der Waals surface area contributed by atoms with Crippen molar-refractivity contribution in [2.24, 2.45) is 0 Å². The predicted molar refractivity (Wildman–Crippen MR) is 157 cm³/mol. The van der Waals surface area contributed by atoms with Gasteiger partial charge in [-0.2, -0.15) is 0 Å². The number of phenols is 1. The maximum Gasteiger partial charge on any atom is 0.127 e. The Kier molecular flexibility index (Phi) is 15.5. The highest BCUT2D eigenvalue weighted by atomic mass is 35.5. The molecule has 2 aromatic rings. The van der Waals surface area contributed by atoms with Gasteiger partial charge in [-0.05, 0) is 80.6 Å². The second-order valence-electron chi connectivity index (χ2n) is 9.58. The number of halogens is 2. The molecule has 0 amide bonds. The number of rotatable bonds is 13. The third kappa shape index (κ3) is 8.72. The minimum Gasteiger partial charge on any atom is -0.507 e. The van der Waals surface area contributed by atoms with Crippen LogP contribution in [0.1, 0.15) is 67.0 Å². The number of benzene rings is 2. The average Bonchev–Trinajstić information content (AvgIpc) is 2.81. The van der Waals surface area contributed by atoms with Crippen LogP contribution < -0.4 is 9.47 Å². The Bertz CT molecular complexity index is 947. The lowest BCUT2D eigenvalue weighted by Crippen LogP contribution is -2.37. The minimum absolute atomic E-state index is 0. The van der Waals surface area contributed by atoms with Gasteiger partial charge in [-0.25, -0.2) is 0 Å². The summed E-state index contributed by atoms with van der Waals surface area (Å²) < 4.78 is 12.1. The Morgan fingerprint density at radius 3 is 2.03 bits per heavy atom. The lowest BCUT2D eigenvalue weighted by atomic mass is 9.97. The topological polar surface area (TPSA) is 45.2 Å². The Balaban J connectivity index is 0.00000612. The Hall–Kier alpha value is -1.66. The van der Waals surface area contributed by atoms with Gasteiger partial charge in [0.05, 0.1) is 7.11 Å². The highest BCUT2D eigenvalue weighted by molar-refractivity contribution is 5.85. The van der Waals surface area contributed by atoms with Crippen molar-refractivity contribution in [1.29, 1.82) is 0 Å². The number of hydrogen-bond donors (Lipinski definition) is 1. The summed E-state index contributed by atoms with van der Waals surface area (Å²) in [7, 11) is 1.72. The summed E-state index contributed by atoms with van der Waals surface area (Å²) in [5.74, 6) is 2.65. The van der Waals surface area contributed by atoms with Gasteiger partial charge >= 0.3 is 0 Å². The fraction of sp³-hybridized carbons (Fsp3) is 0.586. The molecule has 0 aromatic heterocycles. The highest BCUT2D eigenvalue weighted by Crippen LogP contribution is 2.37. The molecular weight excluding hydrogens is 495 g/mol. The third-order valence-electron chi connectivity index (χ3n) is 7.01. The number of phenolic OH excluding ortho intramolecular Hbond substituents is 1. The monoisotopic (exact) mass is 542 g/mol. The van der Waals surface area contributed by atoms with Crippen molar-refractivity contribution in [2.75, 3.05) is 46.4 Å². The van der Waals surface area contributed by atoms with E-state index in [1.165, 1.54) is 11.1 Å². The molecule has 0 saturated heterocycles. The van der Waals surface area contributed by atoms with E-state index in [9.17, 15) is 5.11 Å². The molecule has 1 N–H and O–H groups in total. The fourth-order valence-electron chi connectivity index (χ4n) is 4.48. The van der Waals surface area contributed by atoms with Gasteiger partial charge in [0.25, 0.3) is 0 Å². The summed E-state index contributed by atoms with van der Waals surface area (Å²) in [4.78, 5) is 4.86. The van der Waals surface area contributed by atoms with Gasteiger partial charge in [0.1, 0.15) is 23.9 Å². The zero-order valence-electron chi connectivity index (χ0n) is 23.7. The quantitative estimate of drug-likeness (QED) is 0.300. The molecule has 5 nitrogen and oxygen atoms in total. The van der Waals surface area contributed by atoms with Crippen molar-refractivity contribution < 1.29 is 14.6 Å². The zero-order chi connectivity index (χ0) is 25.4. The second-order valence-corrected chi connectivity index (χ2v) is 9.58. The van der Waals surface area contributed by atoms with Gasteiger partial charge in [-0.3, -0.25) is 4.90 Å². The number of nitrogens with zero attached hydrogens (tertiary/aromatic N) is 2. The van der Waals surface area contributed by atoms with Gasteiger partial charge < -0.3 is 19.5 Å². The first-order valence-corrected chi connectivity index (χ1v) is 12.7. The van der Waals surface area contributed by atoms with Crippen LogP contribution in [0, 0.1) is 27.7 Å². The number of likely N-dealkylation sites (N-methyl/N-ethyl adjacent to an activating group) is 1. The molecule has 2 aromatic carbocycles. The molecule has 0 saturated carbocycles. The minimum atomic E-state index is 0. The smallest absolute Gasteiger partial charge is 0.127 e. The summed E-state index contributed by atoms with van der Waals surface area (Å²) in [5.41, 5.74) is 6.30. The standard InChI is InChI=1S/C29H46N2O3.2ClH/c1-10-30(11-2)14-15-31(16-17-34-27-18-21(5)12-13-25(27)20(3)4)19-26-24(8)28(32)22(6)23(7)29(26)33-9;;/h12-13,18,20,32H,10-11,14-17,19H2,1-9H3;2*1H. The molecule has 7 heteroatoms. The van der Waals surface area contributed by atoms with E-state index in [1.54, 1.807) is 7.11 Å². The van der Waals surface area contributed by atoms with Crippen molar-refractivity contribution in [2.45, 2.75) is 67.9 Å². The van der Waals surface area contributed by atoms with Crippen LogP contribution in [0.15, 0.2) is 18.2 Å². The Labute approximate surface area is 232 Å². The molecule has 0 aliphatic rings. The molecule has 0 fully saturated rings. The maximum atomic E-state index is 10.7. The Morgan fingerprint density at radius 2 is 1.47 bits per heavy atom. The summed E-state index contributed by atoms with van der Waals surface area (Å²) in [6, 6.07) is 6.48. The van der Waals surface area contributed by atoms with E-state index in [0.717, 1.165) is 66.5 Å². The van der Waals surface area contributed by atoms with E-state index in [2.05, 4.69) is 62.6 Å². The van der Waals surface area contributed by atoms with Gasteiger partial charge in [0.15, 0.2) is 0 Å². The fourth-order valence-corrected chi connectivity index (χ4v) is 4.48. The van der Waals surface area contributed by atoms with Gasteiger partial charge in [-0.15, -0.1) is 24.8 Å². The van der Waals surface area contributed by atoms with Crippen LogP contribution in [-0.2, 0) is 6.54 Å². The number of aromatic hydroxyl groups is 1. The van der Waals surface area contributed by atoms with Gasteiger partial charge in [-0.1, -0.05) is 39.8 Å². The SMILES string of the molecule is CCN(CC)CCN(CCOc1cc(C)ccc1C(C)C)Cc1c(C)c(O)c(C)c(C)c1OC.Cl.Cl. The van der Waals surface area contributed by atoms with Crippen LogP contribution in [0.5, 0.6) is 17.2 Å². The van der Waals surface area contributed by atoms with Gasteiger partial charge in [0, 0.05) is 31.7 Å². The molecule has 206 valence electrons. The molecule has 0 heterocycles. The van der Waals surface area contributed by atoms with Crippen molar-refractivity contribution in [3.63, 3.8) is 0 Å². The summed E-state index contributed by atoms with van der Waals surface area (Å²) in [6.45, 7) is 23.0.